The average molecular weight is 618 g/mol. The van der Waals surface area contributed by atoms with E-state index < -0.39 is 5.91 Å². The summed E-state index contributed by atoms with van der Waals surface area (Å²) >= 11 is 0. The van der Waals surface area contributed by atoms with Gasteiger partial charge in [0.15, 0.2) is 0 Å². The number of esters is 1. The van der Waals surface area contributed by atoms with E-state index in [1.165, 1.54) is 64.1 Å². The van der Waals surface area contributed by atoms with E-state index in [1.54, 1.807) is 6.07 Å². The summed E-state index contributed by atoms with van der Waals surface area (Å²) in [6, 6.07) is 1.59. The first-order valence-corrected chi connectivity index (χ1v) is 17.7. The highest BCUT2D eigenvalue weighted by Gasteiger charge is 2.12. The lowest BCUT2D eigenvalue weighted by atomic mass is 10.1. The molecule has 0 aromatic carbocycles. The van der Waals surface area contributed by atoms with Gasteiger partial charge in [-0.05, 0) is 71.0 Å². The fourth-order valence-electron chi connectivity index (χ4n) is 5.42. The fourth-order valence-corrected chi connectivity index (χ4v) is 5.42. The number of rotatable bonds is 31. The number of nitrogens with two attached hydrogens (primary N) is 1. The van der Waals surface area contributed by atoms with E-state index in [0.29, 0.717) is 18.7 Å². The number of nitrogens with one attached hydrogen (secondary N) is 1. The van der Waals surface area contributed by atoms with Gasteiger partial charge < -0.3 is 25.5 Å². The molecule has 9 nitrogen and oxygen atoms in total. The van der Waals surface area contributed by atoms with E-state index in [0.717, 1.165) is 96.7 Å². The predicted molar refractivity (Wildman–Crippen MR) is 180 cm³/mol. The SMILES string of the molecule is CCCCCCCCC(CC)OC(=O)CCCCCCCN(CCCCCCCC=O)CCCNc1cc(C(N)=O)ncn1. The fraction of sp³-hybridized carbons (Fsp3) is 0.800. The molecule has 0 bridgehead atoms. The number of carbonyl (C=O) groups is 3. The van der Waals surface area contributed by atoms with Gasteiger partial charge in [0, 0.05) is 25.5 Å². The molecule has 1 heterocycles. The summed E-state index contributed by atoms with van der Waals surface area (Å²) in [6.07, 6.45) is 25.2. The van der Waals surface area contributed by atoms with E-state index in [9.17, 15) is 14.4 Å². The van der Waals surface area contributed by atoms with E-state index in [2.05, 4.69) is 34.0 Å². The second-order valence-electron chi connectivity index (χ2n) is 12.1. The topological polar surface area (TPSA) is 128 Å². The van der Waals surface area contributed by atoms with Gasteiger partial charge in [0.25, 0.3) is 5.91 Å². The highest BCUT2D eigenvalue weighted by Crippen LogP contribution is 2.15. The molecule has 252 valence electrons. The van der Waals surface area contributed by atoms with E-state index in [-0.39, 0.29) is 17.8 Å². The van der Waals surface area contributed by atoms with Gasteiger partial charge in [0.05, 0.1) is 0 Å². The first-order valence-electron chi connectivity index (χ1n) is 17.7. The molecular weight excluding hydrogens is 554 g/mol. The van der Waals surface area contributed by atoms with Gasteiger partial charge in [0.1, 0.15) is 30.2 Å². The van der Waals surface area contributed by atoms with Crippen molar-refractivity contribution in [3.05, 3.63) is 18.1 Å². The summed E-state index contributed by atoms with van der Waals surface area (Å²) in [7, 11) is 0. The summed E-state index contributed by atoms with van der Waals surface area (Å²) in [5, 5.41) is 3.27. The summed E-state index contributed by atoms with van der Waals surface area (Å²) in [5.41, 5.74) is 5.53. The molecule has 0 aliphatic rings. The molecule has 0 spiro atoms. The number of ether oxygens (including phenoxy) is 1. The zero-order chi connectivity index (χ0) is 32.1. The monoisotopic (exact) mass is 617 g/mol. The summed E-state index contributed by atoms with van der Waals surface area (Å²) in [5.74, 6) is 0.0285. The molecule has 0 fully saturated rings. The minimum Gasteiger partial charge on any atom is -0.462 e. The molecule has 3 N–H and O–H groups in total. The Balaban J connectivity index is 2.26. The van der Waals surface area contributed by atoms with Crippen LogP contribution in [-0.4, -0.2) is 65.3 Å². The molecule has 0 saturated carbocycles. The van der Waals surface area contributed by atoms with Crippen LogP contribution < -0.4 is 11.1 Å². The minimum absolute atomic E-state index is 0.0263. The molecule has 0 saturated heterocycles. The largest absolute Gasteiger partial charge is 0.462 e. The van der Waals surface area contributed by atoms with Gasteiger partial charge in [-0.2, -0.15) is 0 Å². The van der Waals surface area contributed by atoms with Crippen LogP contribution in [0.5, 0.6) is 0 Å². The van der Waals surface area contributed by atoms with Crippen molar-refractivity contribution < 1.29 is 19.1 Å². The Kier molecular flexibility index (Phi) is 25.1. The third kappa shape index (κ3) is 22.0. The van der Waals surface area contributed by atoms with Gasteiger partial charge in [-0.3, -0.25) is 9.59 Å². The Hall–Kier alpha value is -2.55. The number of unbranched alkanes of at least 4 members (excludes halogenated alkanes) is 14. The quantitative estimate of drug-likeness (QED) is 0.0494. The second kappa shape index (κ2) is 28.0. The molecule has 1 unspecified atom stereocenters. The Bertz CT molecular complexity index is 869. The Morgan fingerprint density at radius 1 is 0.841 bits per heavy atom. The maximum absolute atomic E-state index is 12.3. The third-order valence-corrected chi connectivity index (χ3v) is 8.16. The molecular formula is C35H63N5O4. The average Bonchev–Trinajstić information content (AvgIpc) is 3.02. The van der Waals surface area contributed by atoms with Crippen LogP contribution in [0.2, 0.25) is 0 Å². The molecule has 1 amide bonds. The number of anilines is 1. The van der Waals surface area contributed by atoms with Crippen LogP contribution in [0.15, 0.2) is 12.4 Å². The number of hydrogen-bond donors (Lipinski definition) is 2. The zero-order valence-corrected chi connectivity index (χ0v) is 28.0. The van der Waals surface area contributed by atoms with Crippen molar-refractivity contribution in [1.29, 1.82) is 0 Å². The molecule has 0 aliphatic carbocycles. The van der Waals surface area contributed by atoms with E-state index in [1.807, 2.05) is 0 Å². The molecule has 1 rings (SSSR count). The molecule has 1 aromatic rings. The van der Waals surface area contributed by atoms with Crippen LogP contribution >= 0.6 is 0 Å². The van der Waals surface area contributed by atoms with Crippen molar-refractivity contribution in [2.45, 2.75) is 155 Å². The van der Waals surface area contributed by atoms with Crippen molar-refractivity contribution in [3.8, 4) is 0 Å². The number of primary amides is 1. The lowest BCUT2D eigenvalue weighted by molar-refractivity contribution is -0.149. The Morgan fingerprint density at radius 2 is 1.45 bits per heavy atom. The lowest BCUT2D eigenvalue weighted by Gasteiger charge is -2.22. The summed E-state index contributed by atoms with van der Waals surface area (Å²) < 4.78 is 5.76. The highest BCUT2D eigenvalue weighted by molar-refractivity contribution is 5.91. The third-order valence-electron chi connectivity index (χ3n) is 8.16. The molecule has 0 radical (unpaired) electrons. The highest BCUT2D eigenvalue weighted by atomic mass is 16.5. The number of nitrogens with zero attached hydrogens (tertiary/aromatic N) is 3. The van der Waals surface area contributed by atoms with E-state index in [4.69, 9.17) is 10.5 Å². The number of carbonyl (C=O) groups excluding carboxylic acids is 3. The van der Waals surface area contributed by atoms with Gasteiger partial charge in [-0.15, -0.1) is 0 Å². The van der Waals surface area contributed by atoms with Crippen LogP contribution in [0.1, 0.15) is 159 Å². The van der Waals surface area contributed by atoms with Crippen molar-refractivity contribution in [3.63, 3.8) is 0 Å². The lowest BCUT2D eigenvalue weighted by Crippen LogP contribution is -2.28. The molecule has 44 heavy (non-hydrogen) atoms. The maximum atomic E-state index is 12.3. The maximum Gasteiger partial charge on any atom is 0.306 e. The number of aldehydes is 1. The Labute approximate surface area is 267 Å². The van der Waals surface area contributed by atoms with Gasteiger partial charge in [0.2, 0.25) is 0 Å². The number of aromatic nitrogens is 2. The van der Waals surface area contributed by atoms with Crippen molar-refractivity contribution in [1.82, 2.24) is 14.9 Å². The number of hydrogen-bond acceptors (Lipinski definition) is 8. The van der Waals surface area contributed by atoms with Crippen molar-refractivity contribution in [2.24, 2.45) is 5.73 Å². The standard InChI is InChI=1S/C35H63N5O4/c1-3-5-6-7-11-16-22-31(4-2)44-34(42)23-17-12-10-14-19-26-40(25-18-13-8-9-15-20-28-41)27-21-24-37-33-29-32(35(36)43)38-30-39-33/h28-31H,3-27H2,1-2H3,(H2,36,43)(H,37,38,39). The van der Waals surface area contributed by atoms with Gasteiger partial charge in [-0.1, -0.05) is 84.5 Å². The van der Waals surface area contributed by atoms with Crippen molar-refractivity contribution in [2.75, 3.05) is 31.5 Å². The predicted octanol–water partition coefficient (Wildman–Crippen LogP) is 7.63. The first-order chi connectivity index (χ1) is 21.5. The van der Waals surface area contributed by atoms with Crippen LogP contribution in [0.25, 0.3) is 0 Å². The van der Waals surface area contributed by atoms with Crippen LogP contribution in [-0.2, 0) is 14.3 Å². The van der Waals surface area contributed by atoms with Crippen molar-refractivity contribution >= 4 is 24.0 Å². The minimum atomic E-state index is -0.559. The van der Waals surface area contributed by atoms with Gasteiger partial charge >= 0.3 is 5.97 Å². The molecule has 0 aliphatic heterocycles. The smallest absolute Gasteiger partial charge is 0.306 e. The summed E-state index contributed by atoms with van der Waals surface area (Å²) in [6.45, 7) is 8.26. The normalized spacial score (nSPS) is 11.9. The molecule has 1 aromatic heterocycles. The number of amides is 1. The van der Waals surface area contributed by atoms with Crippen LogP contribution in [0, 0.1) is 0 Å². The van der Waals surface area contributed by atoms with Gasteiger partial charge in [-0.25, -0.2) is 9.97 Å². The zero-order valence-electron chi connectivity index (χ0n) is 28.0. The van der Waals surface area contributed by atoms with E-state index >= 15 is 0 Å². The molecule has 1 atom stereocenters. The molecule has 9 heteroatoms. The second-order valence-corrected chi connectivity index (χ2v) is 12.1. The Morgan fingerprint density at radius 3 is 2.11 bits per heavy atom. The van der Waals surface area contributed by atoms with Crippen LogP contribution in [0.4, 0.5) is 5.82 Å². The van der Waals surface area contributed by atoms with Crippen LogP contribution in [0.3, 0.4) is 0 Å². The summed E-state index contributed by atoms with van der Waals surface area (Å²) in [4.78, 5) is 44.8. The first kappa shape index (κ1) is 39.5.